The van der Waals surface area contributed by atoms with Gasteiger partial charge >= 0.3 is 0 Å². The van der Waals surface area contributed by atoms with Crippen molar-refractivity contribution in [3.05, 3.63) is 94.3 Å². The molecule has 4 rings (SSSR count). The normalized spacial score (nSPS) is 10.8. The molecule has 0 saturated heterocycles. The second kappa shape index (κ2) is 8.87. The molecular formula is C24H21FN2O4. The third kappa shape index (κ3) is 4.50. The van der Waals surface area contributed by atoms with Gasteiger partial charge in [0.1, 0.15) is 18.2 Å². The van der Waals surface area contributed by atoms with Crippen LogP contribution in [0.25, 0.3) is 10.9 Å². The van der Waals surface area contributed by atoms with Crippen LogP contribution in [0.4, 0.5) is 4.39 Å². The Balaban J connectivity index is 1.50. The second-order valence-corrected chi connectivity index (χ2v) is 6.96. The molecule has 7 heteroatoms. The largest absolute Gasteiger partial charge is 0.493 e. The molecule has 0 aliphatic heterocycles. The van der Waals surface area contributed by atoms with Gasteiger partial charge in [0.2, 0.25) is 0 Å². The Hall–Kier alpha value is -3.87. The van der Waals surface area contributed by atoms with E-state index in [1.807, 2.05) is 24.3 Å². The highest BCUT2D eigenvalue weighted by atomic mass is 19.1. The van der Waals surface area contributed by atoms with Crippen molar-refractivity contribution in [3.63, 3.8) is 0 Å². The Kier molecular flexibility index (Phi) is 5.84. The highest BCUT2D eigenvalue weighted by molar-refractivity contribution is 5.81. The van der Waals surface area contributed by atoms with E-state index in [-0.39, 0.29) is 11.4 Å². The molecule has 0 atom stereocenters. The number of ether oxygens (including phenoxy) is 3. The number of fused-ring (bicyclic) bond motifs is 1. The van der Waals surface area contributed by atoms with Crippen molar-refractivity contribution in [2.75, 3.05) is 14.2 Å². The number of halogens is 1. The average Bonchev–Trinajstić information content (AvgIpc) is 2.80. The molecule has 4 aromatic rings. The molecule has 1 heterocycles. The van der Waals surface area contributed by atoms with Gasteiger partial charge in [0, 0.05) is 6.07 Å². The summed E-state index contributed by atoms with van der Waals surface area (Å²) in [6, 6.07) is 17.0. The summed E-state index contributed by atoms with van der Waals surface area (Å²) in [5, 5.41) is 0.458. The predicted molar refractivity (Wildman–Crippen MR) is 115 cm³/mol. The van der Waals surface area contributed by atoms with Gasteiger partial charge in [-0.3, -0.25) is 9.36 Å². The van der Waals surface area contributed by atoms with Crippen molar-refractivity contribution in [1.82, 2.24) is 9.55 Å². The van der Waals surface area contributed by atoms with Gasteiger partial charge in [0.15, 0.2) is 11.5 Å². The van der Waals surface area contributed by atoms with E-state index in [9.17, 15) is 9.18 Å². The minimum Gasteiger partial charge on any atom is -0.493 e. The van der Waals surface area contributed by atoms with E-state index in [1.54, 1.807) is 28.8 Å². The molecule has 6 nitrogen and oxygen atoms in total. The van der Waals surface area contributed by atoms with Crippen LogP contribution in [-0.4, -0.2) is 23.8 Å². The van der Waals surface area contributed by atoms with Crippen LogP contribution in [-0.2, 0) is 13.2 Å². The third-order valence-electron chi connectivity index (χ3n) is 4.92. The fourth-order valence-corrected chi connectivity index (χ4v) is 3.23. The summed E-state index contributed by atoms with van der Waals surface area (Å²) in [6.07, 6.45) is 1.52. The first-order valence-electron chi connectivity index (χ1n) is 9.65. The topological polar surface area (TPSA) is 62.6 Å². The third-order valence-corrected chi connectivity index (χ3v) is 4.92. The first-order valence-corrected chi connectivity index (χ1v) is 9.65. The number of benzene rings is 3. The predicted octanol–water partition coefficient (Wildman–Crippen LogP) is 4.18. The lowest BCUT2D eigenvalue weighted by Gasteiger charge is -2.11. The van der Waals surface area contributed by atoms with Gasteiger partial charge in [-0.25, -0.2) is 9.37 Å². The molecule has 1 aromatic heterocycles. The van der Waals surface area contributed by atoms with Crippen molar-refractivity contribution < 1.29 is 18.6 Å². The van der Waals surface area contributed by atoms with Crippen molar-refractivity contribution in [1.29, 1.82) is 0 Å². The Bertz CT molecular complexity index is 1250. The first kappa shape index (κ1) is 20.4. The van der Waals surface area contributed by atoms with Gasteiger partial charge in [-0.15, -0.1) is 0 Å². The summed E-state index contributed by atoms with van der Waals surface area (Å²) in [5.41, 5.74) is 2.19. The van der Waals surface area contributed by atoms with Crippen LogP contribution in [0.15, 0.2) is 71.8 Å². The van der Waals surface area contributed by atoms with E-state index < -0.39 is 0 Å². The Morgan fingerprint density at radius 3 is 2.23 bits per heavy atom. The van der Waals surface area contributed by atoms with E-state index in [2.05, 4.69) is 4.98 Å². The standard InChI is InChI=1S/C24H21FN2O4/c1-29-22-11-20-21(12-23(22)30-2)26-15-27(24(20)28)13-16-5-9-19(10-6-16)31-14-17-3-7-18(25)8-4-17/h3-12,15H,13-14H2,1-2H3. The van der Waals surface area contributed by atoms with E-state index in [4.69, 9.17) is 14.2 Å². The molecule has 0 N–H and O–H groups in total. The molecule has 0 radical (unpaired) electrons. The van der Waals surface area contributed by atoms with Crippen molar-refractivity contribution in [3.8, 4) is 17.2 Å². The Morgan fingerprint density at radius 1 is 0.903 bits per heavy atom. The lowest BCUT2D eigenvalue weighted by atomic mass is 10.2. The van der Waals surface area contributed by atoms with E-state index in [0.717, 1.165) is 11.1 Å². The first-order chi connectivity index (χ1) is 15.1. The summed E-state index contributed by atoms with van der Waals surface area (Å²) in [4.78, 5) is 17.3. The molecule has 0 aliphatic carbocycles. The molecule has 158 valence electrons. The molecular weight excluding hydrogens is 399 g/mol. The van der Waals surface area contributed by atoms with Crippen LogP contribution in [0, 0.1) is 5.82 Å². The van der Waals surface area contributed by atoms with Crippen LogP contribution in [0.3, 0.4) is 0 Å². The maximum atomic E-state index is 13.0. The van der Waals surface area contributed by atoms with Gasteiger partial charge in [0.25, 0.3) is 5.56 Å². The highest BCUT2D eigenvalue weighted by Gasteiger charge is 2.11. The van der Waals surface area contributed by atoms with Crippen molar-refractivity contribution >= 4 is 10.9 Å². The zero-order chi connectivity index (χ0) is 21.8. The molecule has 0 bridgehead atoms. The average molecular weight is 420 g/mol. The van der Waals surface area contributed by atoms with E-state index in [0.29, 0.717) is 41.3 Å². The molecule has 0 spiro atoms. The lowest BCUT2D eigenvalue weighted by molar-refractivity contribution is 0.306. The fraction of sp³-hybridized carbons (Fsp3) is 0.167. The summed E-state index contributed by atoms with van der Waals surface area (Å²) in [6.45, 7) is 0.716. The maximum Gasteiger partial charge on any atom is 0.261 e. The van der Waals surface area contributed by atoms with Gasteiger partial charge < -0.3 is 14.2 Å². The molecule has 0 aliphatic rings. The van der Waals surface area contributed by atoms with E-state index >= 15 is 0 Å². The highest BCUT2D eigenvalue weighted by Crippen LogP contribution is 2.29. The van der Waals surface area contributed by atoms with Crippen LogP contribution in [0.1, 0.15) is 11.1 Å². The molecule has 31 heavy (non-hydrogen) atoms. The number of hydrogen-bond acceptors (Lipinski definition) is 5. The molecule has 0 amide bonds. The monoisotopic (exact) mass is 420 g/mol. The van der Waals surface area contributed by atoms with Crippen LogP contribution < -0.4 is 19.8 Å². The number of hydrogen-bond donors (Lipinski definition) is 0. The zero-order valence-corrected chi connectivity index (χ0v) is 17.2. The van der Waals surface area contributed by atoms with Gasteiger partial charge in [-0.2, -0.15) is 0 Å². The summed E-state index contributed by atoms with van der Waals surface area (Å²) < 4.78 is 30.8. The van der Waals surface area contributed by atoms with Crippen molar-refractivity contribution in [2.24, 2.45) is 0 Å². The maximum absolute atomic E-state index is 13.0. The summed E-state index contributed by atoms with van der Waals surface area (Å²) >= 11 is 0. The zero-order valence-electron chi connectivity index (χ0n) is 17.2. The number of methoxy groups -OCH3 is 2. The number of aromatic nitrogens is 2. The minimum absolute atomic E-state index is 0.164. The number of nitrogens with zero attached hydrogens (tertiary/aromatic N) is 2. The van der Waals surface area contributed by atoms with Crippen LogP contribution >= 0.6 is 0 Å². The number of rotatable bonds is 7. The fourth-order valence-electron chi connectivity index (χ4n) is 3.23. The molecule has 3 aromatic carbocycles. The van der Waals surface area contributed by atoms with Gasteiger partial charge in [-0.1, -0.05) is 24.3 Å². The molecule has 0 unspecified atom stereocenters. The van der Waals surface area contributed by atoms with Gasteiger partial charge in [0.05, 0.1) is 38.0 Å². The minimum atomic E-state index is -0.274. The summed E-state index contributed by atoms with van der Waals surface area (Å²) in [7, 11) is 3.07. The van der Waals surface area contributed by atoms with Gasteiger partial charge in [-0.05, 0) is 41.5 Å². The Labute approximate surface area is 178 Å². The smallest absolute Gasteiger partial charge is 0.261 e. The lowest BCUT2D eigenvalue weighted by Crippen LogP contribution is -2.21. The molecule has 0 fully saturated rings. The molecule has 0 saturated carbocycles. The van der Waals surface area contributed by atoms with Crippen molar-refractivity contribution in [2.45, 2.75) is 13.2 Å². The Morgan fingerprint density at radius 2 is 1.55 bits per heavy atom. The second-order valence-electron chi connectivity index (χ2n) is 6.96. The van der Waals surface area contributed by atoms with Crippen LogP contribution in [0.5, 0.6) is 17.2 Å². The van der Waals surface area contributed by atoms with E-state index in [1.165, 1.54) is 32.7 Å². The SMILES string of the molecule is COc1cc2ncn(Cc3ccc(OCc4ccc(F)cc4)cc3)c(=O)c2cc1OC. The quantitative estimate of drug-likeness (QED) is 0.449. The summed E-state index contributed by atoms with van der Waals surface area (Å²) in [5.74, 6) is 1.42. The van der Waals surface area contributed by atoms with Crippen LogP contribution in [0.2, 0.25) is 0 Å².